The molecule has 0 radical (unpaired) electrons. The zero-order valence-electron chi connectivity index (χ0n) is 12.2. The lowest BCUT2D eigenvalue weighted by Gasteiger charge is -2.44. The van der Waals surface area contributed by atoms with Gasteiger partial charge in [-0.2, -0.15) is 0 Å². The molecule has 0 amide bonds. The van der Waals surface area contributed by atoms with Crippen LogP contribution in [0.5, 0.6) is 0 Å². The fourth-order valence-corrected chi connectivity index (χ4v) is 3.41. The van der Waals surface area contributed by atoms with E-state index < -0.39 is 0 Å². The number of nitrogens with two attached hydrogens (primary N) is 1. The predicted octanol–water partition coefficient (Wildman–Crippen LogP) is 3.74. The molecule has 0 aliphatic heterocycles. The largest absolute Gasteiger partial charge is 0.377 e. The van der Waals surface area contributed by atoms with Crippen LogP contribution in [0.15, 0.2) is 0 Å². The Morgan fingerprint density at radius 1 is 1.35 bits per heavy atom. The van der Waals surface area contributed by atoms with Crippen molar-refractivity contribution in [1.29, 1.82) is 0 Å². The van der Waals surface area contributed by atoms with E-state index >= 15 is 0 Å². The van der Waals surface area contributed by atoms with E-state index in [9.17, 15) is 0 Å². The van der Waals surface area contributed by atoms with E-state index in [2.05, 4.69) is 20.8 Å². The first kappa shape index (κ1) is 15.0. The third kappa shape index (κ3) is 3.69. The molecule has 0 bridgehead atoms. The van der Waals surface area contributed by atoms with Gasteiger partial charge >= 0.3 is 0 Å². The summed E-state index contributed by atoms with van der Waals surface area (Å²) in [6, 6.07) is 0.208. The van der Waals surface area contributed by atoms with Gasteiger partial charge in [0.1, 0.15) is 0 Å². The lowest BCUT2D eigenvalue weighted by molar-refractivity contribution is -0.0752. The van der Waals surface area contributed by atoms with Crippen LogP contribution in [0, 0.1) is 11.8 Å². The smallest absolute Gasteiger partial charge is 0.0831 e. The Labute approximate surface area is 107 Å². The second kappa shape index (κ2) is 6.75. The van der Waals surface area contributed by atoms with Crippen LogP contribution >= 0.6 is 0 Å². The number of rotatable bonds is 6. The van der Waals surface area contributed by atoms with Crippen LogP contribution in [-0.2, 0) is 4.74 Å². The summed E-state index contributed by atoms with van der Waals surface area (Å²) in [6.45, 7) is 6.87. The number of ether oxygens (including phenoxy) is 1. The maximum absolute atomic E-state index is 6.48. The van der Waals surface area contributed by atoms with Crippen LogP contribution in [0.25, 0.3) is 0 Å². The van der Waals surface area contributed by atoms with E-state index in [4.69, 9.17) is 10.5 Å². The van der Waals surface area contributed by atoms with Crippen LogP contribution < -0.4 is 5.73 Å². The molecule has 2 nitrogen and oxygen atoms in total. The molecule has 1 aliphatic rings. The molecule has 2 heteroatoms. The standard InChI is InChI=1S/C15H31NO/c1-5-13(6-2)10-14(16)15(17-4)9-7-8-12(3)11-15/h12-14H,5-11,16H2,1-4H3. The second-order valence-corrected chi connectivity index (χ2v) is 6.00. The Kier molecular flexibility index (Phi) is 5.94. The molecule has 1 rings (SSSR count). The van der Waals surface area contributed by atoms with Crippen LogP contribution in [0.4, 0.5) is 0 Å². The fraction of sp³-hybridized carbons (Fsp3) is 1.00. The Morgan fingerprint density at radius 3 is 2.47 bits per heavy atom. The summed E-state index contributed by atoms with van der Waals surface area (Å²) in [7, 11) is 1.85. The highest BCUT2D eigenvalue weighted by Gasteiger charge is 2.40. The molecular formula is C15H31NO. The van der Waals surface area contributed by atoms with Crippen molar-refractivity contribution < 1.29 is 4.74 Å². The molecule has 0 spiro atoms. The first-order valence-electron chi connectivity index (χ1n) is 7.38. The van der Waals surface area contributed by atoms with Crippen molar-refractivity contribution in [2.45, 2.75) is 77.4 Å². The van der Waals surface area contributed by atoms with Gasteiger partial charge in [0.15, 0.2) is 0 Å². The third-order valence-corrected chi connectivity index (χ3v) is 4.82. The molecule has 1 fully saturated rings. The molecule has 17 heavy (non-hydrogen) atoms. The van der Waals surface area contributed by atoms with Crippen LogP contribution in [0.2, 0.25) is 0 Å². The first-order chi connectivity index (χ1) is 8.07. The summed E-state index contributed by atoms with van der Waals surface area (Å²) in [5.74, 6) is 1.52. The van der Waals surface area contributed by atoms with Crippen LogP contribution in [0.3, 0.4) is 0 Å². The van der Waals surface area contributed by atoms with Gasteiger partial charge in [0, 0.05) is 13.2 Å². The van der Waals surface area contributed by atoms with Gasteiger partial charge in [-0.3, -0.25) is 0 Å². The fourth-order valence-electron chi connectivity index (χ4n) is 3.41. The van der Waals surface area contributed by atoms with Crippen molar-refractivity contribution in [3.05, 3.63) is 0 Å². The van der Waals surface area contributed by atoms with E-state index in [1.807, 2.05) is 7.11 Å². The highest BCUT2D eigenvalue weighted by atomic mass is 16.5. The molecule has 2 N–H and O–H groups in total. The Morgan fingerprint density at radius 2 is 2.00 bits per heavy atom. The van der Waals surface area contributed by atoms with Gasteiger partial charge in [-0.25, -0.2) is 0 Å². The lowest BCUT2D eigenvalue weighted by atomic mass is 9.72. The Hall–Kier alpha value is -0.0800. The Balaban J connectivity index is 2.64. The van der Waals surface area contributed by atoms with Gasteiger partial charge in [-0.05, 0) is 31.1 Å². The Bertz CT molecular complexity index is 215. The van der Waals surface area contributed by atoms with E-state index in [1.54, 1.807) is 0 Å². The summed E-state index contributed by atoms with van der Waals surface area (Å²) in [6.07, 6.45) is 8.49. The molecule has 0 heterocycles. The van der Waals surface area contributed by atoms with Crippen LogP contribution in [0.1, 0.15) is 65.7 Å². The average molecular weight is 241 g/mol. The maximum atomic E-state index is 6.48. The van der Waals surface area contributed by atoms with Crippen molar-refractivity contribution in [3.63, 3.8) is 0 Å². The van der Waals surface area contributed by atoms with E-state index in [-0.39, 0.29) is 11.6 Å². The minimum absolute atomic E-state index is 0.0414. The quantitative estimate of drug-likeness (QED) is 0.769. The molecule has 1 saturated carbocycles. The van der Waals surface area contributed by atoms with Gasteiger partial charge in [0.2, 0.25) is 0 Å². The topological polar surface area (TPSA) is 35.2 Å². The minimum atomic E-state index is -0.0414. The molecular weight excluding hydrogens is 210 g/mol. The van der Waals surface area contributed by atoms with Gasteiger partial charge in [-0.1, -0.05) is 46.5 Å². The highest BCUT2D eigenvalue weighted by molar-refractivity contribution is 4.95. The molecule has 1 aliphatic carbocycles. The molecule has 102 valence electrons. The third-order valence-electron chi connectivity index (χ3n) is 4.82. The molecule has 0 aromatic rings. The highest BCUT2D eigenvalue weighted by Crippen LogP contribution is 2.38. The maximum Gasteiger partial charge on any atom is 0.0831 e. The number of hydrogen-bond acceptors (Lipinski definition) is 2. The van der Waals surface area contributed by atoms with Gasteiger partial charge < -0.3 is 10.5 Å². The van der Waals surface area contributed by atoms with Crippen molar-refractivity contribution in [2.75, 3.05) is 7.11 Å². The predicted molar refractivity (Wildman–Crippen MR) is 74.0 cm³/mol. The summed E-state index contributed by atoms with van der Waals surface area (Å²) in [4.78, 5) is 0. The number of methoxy groups -OCH3 is 1. The minimum Gasteiger partial charge on any atom is -0.377 e. The molecule has 3 unspecified atom stereocenters. The van der Waals surface area contributed by atoms with E-state index in [0.717, 1.165) is 31.1 Å². The lowest BCUT2D eigenvalue weighted by Crippen LogP contribution is -2.52. The zero-order chi connectivity index (χ0) is 12.9. The van der Waals surface area contributed by atoms with Crippen molar-refractivity contribution in [2.24, 2.45) is 17.6 Å². The monoisotopic (exact) mass is 241 g/mol. The molecule has 0 aromatic heterocycles. The summed E-state index contributed by atoms with van der Waals surface area (Å²) in [5, 5.41) is 0. The van der Waals surface area contributed by atoms with Crippen molar-refractivity contribution in [1.82, 2.24) is 0 Å². The van der Waals surface area contributed by atoms with Gasteiger partial charge in [0.25, 0.3) is 0 Å². The van der Waals surface area contributed by atoms with Crippen molar-refractivity contribution >= 4 is 0 Å². The SMILES string of the molecule is CCC(CC)CC(N)C1(OC)CCCC(C)C1. The summed E-state index contributed by atoms with van der Waals surface area (Å²) < 4.78 is 5.88. The van der Waals surface area contributed by atoms with E-state index in [1.165, 1.54) is 25.7 Å². The normalized spacial score (nSPS) is 31.8. The summed E-state index contributed by atoms with van der Waals surface area (Å²) >= 11 is 0. The molecule has 3 atom stereocenters. The summed E-state index contributed by atoms with van der Waals surface area (Å²) in [5.41, 5.74) is 6.44. The van der Waals surface area contributed by atoms with Crippen LogP contribution in [-0.4, -0.2) is 18.8 Å². The van der Waals surface area contributed by atoms with E-state index in [0.29, 0.717) is 0 Å². The second-order valence-electron chi connectivity index (χ2n) is 6.00. The zero-order valence-corrected chi connectivity index (χ0v) is 12.2. The molecule has 0 aromatic carbocycles. The number of hydrogen-bond donors (Lipinski definition) is 1. The van der Waals surface area contributed by atoms with Crippen molar-refractivity contribution in [3.8, 4) is 0 Å². The average Bonchev–Trinajstić information content (AvgIpc) is 2.35. The van der Waals surface area contributed by atoms with Gasteiger partial charge in [0.05, 0.1) is 5.60 Å². The molecule has 0 saturated heterocycles. The first-order valence-corrected chi connectivity index (χ1v) is 7.38. The van der Waals surface area contributed by atoms with Gasteiger partial charge in [-0.15, -0.1) is 0 Å².